The summed E-state index contributed by atoms with van der Waals surface area (Å²) in [6.45, 7) is 2.57. The minimum Gasteiger partial charge on any atom is -0.384 e. The number of hydrogen-bond acceptors (Lipinski definition) is 3. The summed E-state index contributed by atoms with van der Waals surface area (Å²) in [6, 6.07) is 8.04. The van der Waals surface area contributed by atoms with E-state index in [4.69, 9.17) is 0 Å². The summed E-state index contributed by atoms with van der Waals surface area (Å²) < 4.78 is 21.8. The molecule has 84 valence electrons. The molecule has 1 aromatic rings. The van der Waals surface area contributed by atoms with Crippen LogP contribution in [0, 0.1) is 0 Å². The van der Waals surface area contributed by atoms with Gasteiger partial charge in [0.2, 0.25) is 0 Å². The van der Waals surface area contributed by atoms with E-state index >= 15 is 0 Å². The maximum atomic E-state index is 10.9. The molecule has 0 atom stereocenters. The Morgan fingerprint density at radius 1 is 1.20 bits per heavy atom. The van der Waals surface area contributed by atoms with Crippen molar-refractivity contribution in [3.63, 3.8) is 0 Å². The second-order valence-corrected chi connectivity index (χ2v) is 5.87. The van der Waals surface area contributed by atoms with Crippen LogP contribution in [0.5, 0.6) is 0 Å². The van der Waals surface area contributed by atoms with Gasteiger partial charge in [-0.2, -0.15) is 0 Å². The maximum Gasteiger partial charge on any atom is 0.149 e. The summed E-state index contributed by atoms with van der Waals surface area (Å²) >= 11 is 0. The van der Waals surface area contributed by atoms with Gasteiger partial charge in [0.05, 0.1) is 5.75 Å². The molecular formula is C11H17NO2S. The molecular weight excluding hydrogens is 210 g/mol. The number of hydrogen-bond donors (Lipinski definition) is 1. The first-order chi connectivity index (χ1) is 7.01. The van der Waals surface area contributed by atoms with Crippen molar-refractivity contribution in [1.82, 2.24) is 0 Å². The SMILES string of the molecule is CCc1ccc(NCCS(C)(=O)=O)cc1. The molecule has 0 saturated carbocycles. The van der Waals surface area contributed by atoms with Gasteiger partial charge >= 0.3 is 0 Å². The monoisotopic (exact) mass is 227 g/mol. The lowest BCUT2D eigenvalue weighted by Gasteiger charge is -2.05. The van der Waals surface area contributed by atoms with Gasteiger partial charge in [-0.1, -0.05) is 19.1 Å². The first kappa shape index (κ1) is 12.0. The number of rotatable bonds is 5. The molecule has 0 radical (unpaired) electrons. The van der Waals surface area contributed by atoms with Gasteiger partial charge in [-0.05, 0) is 24.1 Å². The van der Waals surface area contributed by atoms with Crippen LogP contribution in [0.2, 0.25) is 0 Å². The topological polar surface area (TPSA) is 46.2 Å². The molecule has 0 heterocycles. The number of aryl methyl sites for hydroxylation is 1. The van der Waals surface area contributed by atoms with Crippen LogP contribution < -0.4 is 5.32 Å². The Kier molecular flexibility index (Phi) is 4.15. The zero-order valence-electron chi connectivity index (χ0n) is 9.16. The Hall–Kier alpha value is -1.03. The number of benzene rings is 1. The molecule has 0 aliphatic carbocycles. The fourth-order valence-electron chi connectivity index (χ4n) is 1.24. The van der Waals surface area contributed by atoms with E-state index in [9.17, 15) is 8.42 Å². The van der Waals surface area contributed by atoms with E-state index in [0.29, 0.717) is 6.54 Å². The lowest BCUT2D eigenvalue weighted by Crippen LogP contribution is -2.13. The van der Waals surface area contributed by atoms with Crippen LogP contribution in [0.15, 0.2) is 24.3 Å². The highest BCUT2D eigenvalue weighted by Crippen LogP contribution is 2.09. The summed E-state index contributed by atoms with van der Waals surface area (Å²) in [7, 11) is -2.87. The second-order valence-electron chi connectivity index (χ2n) is 3.61. The molecule has 1 rings (SSSR count). The summed E-state index contributed by atoms with van der Waals surface area (Å²) in [4.78, 5) is 0. The van der Waals surface area contributed by atoms with Crippen molar-refractivity contribution in [1.29, 1.82) is 0 Å². The Balaban J connectivity index is 2.45. The van der Waals surface area contributed by atoms with Crippen molar-refractivity contribution >= 4 is 15.5 Å². The van der Waals surface area contributed by atoms with Crippen molar-refractivity contribution in [2.45, 2.75) is 13.3 Å². The summed E-state index contributed by atoms with van der Waals surface area (Å²) in [6.07, 6.45) is 2.26. The zero-order chi connectivity index (χ0) is 11.3. The van der Waals surface area contributed by atoms with Crippen molar-refractivity contribution in [2.75, 3.05) is 23.9 Å². The average Bonchev–Trinajstić information content (AvgIpc) is 2.17. The van der Waals surface area contributed by atoms with Gasteiger partial charge in [-0.3, -0.25) is 0 Å². The van der Waals surface area contributed by atoms with Crippen LogP contribution in [-0.4, -0.2) is 27.0 Å². The van der Waals surface area contributed by atoms with E-state index < -0.39 is 9.84 Å². The van der Waals surface area contributed by atoms with Gasteiger partial charge in [0, 0.05) is 18.5 Å². The predicted octanol–water partition coefficient (Wildman–Crippen LogP) is 1.71. The van der Waals surface area contributed by atoms with E-state index in [-0.39, 0.29) is 5.75 Å². The molecule has 0 aliphatic heterocycles. The zero-order valence-corrected chi connectivity index (χ0v) is 9.97. The first-order valence-electron chi connectivity index (χ1n) is 5.02. The third-order valence-electron chi connectivity index (χ3n) is 2.16. The van der Waals surface area contributed by atoms with Crippen molar-refractivity contribution in [2.24, 2.45) is 0 Å². The normalized spacial score (nSPS) is 11.3. The Morgan fingerprint density at radius 2 is 1.80 bits per heavy atom. The van der Waals surface area contributed by atoms with Crippen molar-refractivity contribution < 1.29 is 8.42 Å². The molecule has 0 bridgehead atoms. The van der Waals surface area contributed by atoms with Gasteiger partial charge in [-0.25, -0.2) is 8.42 Å². The quantitative estimate of drug-likeness (QED) is 0.833. The Labute approximate surface area is 91.4 Å². The lowest BCUT2D eigenvalue weighted by molar-refractivity contribution is 0.602. The lowest BCUT2D eigenvalue weighted by atomic mass is 10.1. The van der Waals surface area contributed by atoms with Crippen molar-refractivity contribution in [3.05, 3.63) is 29.8 Å². The largest absolute Gasteiger partial charge is 0.384 e. The fraction of sp³-hybridized carbons (Fsp3) is 0.455. The summed E-state index contributed by atoms with van der Waals surface area (Å²) in [5.41, 5.74) is 2.25. The molecule has 0 aliphatic rings. The van der Waals surface area contributed by atoms with E-state index in [2.05, 4.69) is 12.2 Å². The van der Waals surface area contributed by atoms with Crippen molar-refractivity contribution in [3.8, 4) is 0 Å². The molecule has 0 amide bonds. The number of nitrogens with one attached hydrogen (secondary N) is 1. The molecule has 4 heteroatoms. The molecule has 0 saturated heterocycles. The molecule has 1 N–H and O–H groups in total. The molecule has 0 unspecified atom stereocenters. The Bertz CT molecular complexity index is 395. The molecule has 3 nitrogen and oxygen atoms in total. The fourth-order valence-corrected chi connectivity index (χ4v) is 1.71. The minimum atomic E-state index is -2.87. The van der Waals surface area contributed by atoms with Crippen LogP contribution in [0.1, 0.15) is 12.5 Å². The Morgan fingerprint density at radius 3 is 2.27 bits per heavy atom. The third-order valence-corrected chi connectivity index (χ3v) is 3.11. The van der Waals surface area contributed by atoms with Gasteiger partial charge in [0.15, 0.2) is 0 Å². The van der Waals surface area contributed by atoms with E-state index in [0.717, 1.165) is 12.1 Å². The maximum absolute atomic E-state index is 10.9. The highest BCUT2D eigenvalue weighted by Gasteiger charge is 2.00. The molecule has 1 aromatic carbocycles. The van der Waals surface area contributed by atoms with E-state index in [1.807, 2.05) is 24.3 Å². The smallest absolute Gasteiger partial charge is 0.149 e. The van der Waals surface area contributed by atoms with Crippen LogP contribution in [-0.2, 0) is 16.3 Å². The first-order valence-corrected chi connectivity index (χ1v) is 7.08. The molecule has 0 aromatic heterocycles. The van der Waals surface area contributed by atoms with E-state index in [1.165, 1.54) is 11.8 Å². The van der Waals surface area contributed by atoms with Gasteiger partial charge in [-0.15, -0.1) is 0 Å². The minimum absolute atomic E-state index is 0.169. The van der Waals surface area contributed by atoms with Crippen LogP contribution in [0.3, 0.4) is 0 Å². The van der Waals surface area contributed by atoms with Gasteiger partial charge < -0.3 is 5.32 Å². The number of anilines is 1. The highest BCUT2D eigenvalue weighted by atomic mass is 32.2. The summed E-state index contributed by atoms with van der Waals surface area (Å²) in [5, 5.41) is 3.07. The highest BCUT2D eigenvalue weighted by molar-refractivity contribution is 7.90. The van der Waals surface area contributed by atoms with Crippen LogP contribution in [0.25, 0.3) is 0 Å². The van der Waals surface area contributed by atoms with Crippen LogP contribution >= 0.6 is 0 Å². The second kappa shape index (κ2) is 5.16. The summed E-state index contributed by atoms with van der Waals surface area (Å²) in [5.74, 6) is 0.169. The predicted molar refractivity (Wildman–Crippen MR) is 64.0 cm³/mol. The standard InChI is InChI=1S/C11H17NO2S/c1-3-10-4-6-11(7-5-10)12-8-9-15(2,13)14/h4-7,12H,3,8-9H2,1-2H3. The van der Waals surface area contributed by atoms with Crippen LogP contribution in [0.4, 0.5) is 5.69 Å². The third kappa shape index (κ3) is 4.83. The molecule has 0 spiro atoms. The van der Waals surface area contributed by atoms with Gasteiger partial charge in [0.1, 0.15) is 9.84 Å². The molecule has 0 fully saturated rings. The molecule has 15 heavy (non-hydrogen) atoms. The van der Waals surface area contributed by atoms with Gasteiger partial charge in [0.25, 0.3) is 0 Å². The number of sulfone groups is 1. The average molecular weight is 227 g/mol. The van der Waals surface area contributed by atoms with E-state index in [1.54, 1.807) is 0 Å².